The maximum absolute atomic E-state index is 13.9. The molecule has 0 radical (unpaired) electrons. The van der Waals surface area contributed by atoms with Gasteiger partial charge in [-0.3, -0.25) is 9.69 Å². The van der Waals surface area contributed by atoms with Gasteiger partial charge in [0, 0.05) is 51.1 Å². The van der Waals surface area contributed by atoms with Gasteiger partial charge >= 0.3 is 6.03 Å². The third-order valence-corrected chi connectivity index (χ3v) is 6.19. The average molecular weight is 491 g/mol. The quantitative estimate of drug-likeness (QED) is 0.679. The summed E-state index contributed by atoms with van der Waals surface area (Å²) in [7, 11) is 5.35. The topological polar surface area (TPSA) is 83.1 Å². The molecule has 0 saturated carbocycles. The number of halogens is 2. The van der Waals surface area contributed by atoms with Crippen LogP contribution in [0.2, 0.25) is 0 Å². The van der Waals surface area contributed by atoms with Gasteiger partial charge in [0.2, 0.25) is 0 Å². The fourth-order valence-corrected chi connectivity index (χ4v) is 3.91. The van der Waals surface area contributed by atoms with E-state index >= 15 is 0 Å². The molecule has 1 aliphatic rings. The van der Waals surface area contributed by atoms with Crippen molar-refractivity contribution in [3.05, 3.63) is 53.6 Å². The number of hydrogen-bond acceptors (Lipinski definition) is 5. The van der Waals surface area contributed by atoms with Crippen LogP contribution in [0.1, 0.15) is 24.2 Å². The lowest BCUT2D eigenvalue weighted by Crippen LogP contribution is -2.45. The number of nitrogens with one attached hydrogen (secondary N) is 2. The third-order valence-electron chi connectivity index (χ3n) is 6.19. The van der Waals surface area contributed by atoms with Crippen LogP contribution in [-0.2, 0) is 4.74 Å². The Morgan fingerprint density at radius 3 is 2.54 bits per heavy atom. The first-order chi connectivity index (χ1) is 16.6. The molecule has 190 valence electrons. The second-order valence-corrected chi connectivity index (χ2v) is 8.95. The number of hydrogen-bond donors (Lipinski definition) is 2. The number of benzene rings is 2. The molecule has 2 aromatic rings. The molecule has 0 fully saturated rings. The van der Waals surface area contributed by atoms with Crippen LogP contribution in [0.3, 0.4) is 0 Å². The summed E-state index contributed by atoms with van der Waals surface area (Å²) in [6.07, 6.45) is -0.143. The molecule has 0 aromatic heterocycles. The number of rotatable bonds is 3. The lowest BCUT2D eigenvalue weighted by molar-refractivity contribution is 0.0150. The van der Waals surface area contributed by atoms with E-state index in [0.29, 0.717) is 30.2 Å². The fraction of sp³-hybridized carbons (Fsp3) is 0.440. The van der Waals surface area contributed by atoms with Crippen molar-refractivity contribution in [2.75, 3.05) is 51.5 Å². The number of urea groups is 1. The van der Waals surface area contributed by atoms with Crippen molar-refractivity contribution in [2.45, 2.75) is 26.0 Å². The predicted molar refractivity (Wildman–Crippen MR) is 130 cm³/mol. The highest BCUT2D eigenvalue weighted by atomic mass is 19.1. The van der Waals surface area contributed by atoms with E-state index < -0.39 is 17.7 Å². The molecule has 0 bridgehead atoms. The van der Waals surface area contributed by atoms with Crippen LogP contribution in [0.5, 0.6) is 5.75 Å². The number of fused-ring (bicyclic) bond motifs is 1. The van der Waals surface area contributed by atoms with Crippen molar-refractivity contribution in [2.24, 2.45) is 5.92 Å². The van der Waals surface area contributed by atoms with Crippen molar-refractivity contribution >= 4 is 23.3 Å². The summed E-state index contributed by atoms with van der Waals surface area (Å²) in [5, 5.41) is 4.84. The van der Waals surface area contributed by atoms with E-state index in [2.05, 4.69) is 22.5 Å². The Morgan fingerprint density at radius 1 is 1.09 bits per heavy atom. The van der Waals surface area contributed by atoms with E-state index in [1.807, 2.05) is 14.0 Å². The third kappa shape index (κ3) is 6.67. The maximum Gasteiger partial charge on any atom is 0.323 e. The summed E-state index contributed by atoms with van der Waals surface area (Å²) in [6.45, 7) is 5.59. The lowest BCUT2D eigenvalue weighted by Gasteiger charge is -2.34. The summed E-state index contributed by atoms with van der Waals surface area (Å²) in [4.78, 5) is 29.4. The van der Waals surface area contributed by atoms with Crippen molar-refractivity contribution in [1.29, 1.82) is 0 Å². The lowest BCUT2D eigenvalue weighted by atomic mass is 10.0. The van der Waals surface area contributed by atoms with E-state index in [4.69, 9.17) is 9.47 Å². The smallest absolute Gasteiger partial charge is 0.323 e. The first-order valence-electron chi connectivity index (χ1n) is 11.4. The molecule has 8 nitrogen and oxygen atoms in total. The van der Waals surface area contributed by atoms with E-state index in [1.54, 1.807) is 31.2 Å². The number of amides is 3. The zero-order valence-corrected chi connectivity index (χ0v) is 20.6. The van der Waals surface area contributed by atoms with Gasteiger partial charge in [-0.2, -0.15) is 0 Å². The minimum Gasteiger partial charge on any atom is -0.491 e. The molecule has 0 unspecified atom stereocenters. The predicted octanol–water partition coefficient (Wildman–Crippen LogP) is 4.04. The van der Waals surface area contributed by atoms with Crippen LogP contribution in [-0.4, -0.2) is 74.8 Å². The molecule has 3 amide bonds. The summed E-state index contributed by atoms with van der Waals surface area (Å²) in [5.41, 5.74) is 0.373. The second kappa shape index (κ2) is 11.5. The van der Waals surface area contributed by atoms with Crippen LogP contribution in [0.15, 0.2) is 36.4 Å². The Morgan fingerprint density at radius 2 is 1.83 bits per heavy atom. The highest BCUT2D eigenvalue weighted by Gasteiger charge is 2.27. The molecule has 1 heterocycles. The minimum atomic E-state index is -0.768. The van der Waals surface area contributed by atoms with Crippen LogP contribution in [0.25, 0.3) is 0 Å². The number of methoxy groups -OCH3 is 1. The molecular weight excluding hydrogens is 458 g/mol. The molecule has 3 atom stereocenters. The first kappa shape index (κ1) is 26.4. The van der Waals surface area contributed by atoms with Crippen LogP contribution in [0.4, 0.5) is 25.0 Å². The highest BCUT2D eigenvalue weighted by Crippen LogP contribution is 2.27. The van der Waals surface area contributed by atoms with Crippen molar-refractivity contribution in [3.63, 3.8) is 0 Å². The van der Waals surface area contributed by atoms with Gasteiger partial charge in [0.15, 0.2) is 0 Å². The highest BCUT2D eigenvalue weighted by molar-refractivity contribution is 6.01. The van der Waals surface area contributed by atoms with E-state index in [-0.39, 0.29) is 29.7 Å². The van der Waals surface area contributed by atoms with Crippen LogP contribution < -0.4 is 15.4 Å². The number of likely N-dealkylation sites (N-methyl/N-ethyl adjacent to an activating group) is 2. The molecular formula is C25H32F2N4O4. The van der Waals surface area contributed by atoms with Gasteiger partial charge in [0.05, 0.1) is 17.4 Å². The molecule has 0 spiro atoms. The van der Waals surface area contributed by atoms with Crippen molar-refractivity contribution in [1.82, 2.24) is 9.80 Å². The Kier molecular flexibility index (Phi) is 8.63. The Bertz CT molecular complexity index is 1070. The van der Waals surface area contributed by atoms with E-state index in [1.165, 1.54) is 6.07 Å². The Hall–Kier alpha value is -3.24. The van der Waals surface area contributed by atoms with Gasteiger partial charge in [-0.15, -0.1) is 0 Å². The number of carbonyl (C=O) groups is 2. The van der Waals surface area contributed by atoms with E-state index in [0.717, 1.165) is 24.7 Å². The van der Waals surface area contributed by atoms with Gasteiger partial charge in [-0.1, -0.05) is 6.92 Å². The fourth-order valence-electron chi connectivity index (χ4n) is 3.91. The number of anilines is 2. The van der Waals surface area contributed by atoms with Gasteiger partial charge in [-0.05, 0) is 44.2 Å². The van der Waals surface area contributed by atoms with Crippen LogP contribution >= 0.6 is 0 Å². The zero-order valence-electron chi connectivity index (χ0n) is 20.6. The van der Waals surface area contributed by atoms with E-state index in [9.17, 15) is 18.4 Å². The number of nitrogens with zero attached hydrogens (tertiary/aromatic N) is 2. The normalized spacial score (nSPS) is 21.9. The molecule has 35 heavy (non-hydrogen) atoms. The largest absolute Gasteiger partial charge is 0.491 e. The Balaban J connectivity index is 1.84. The molecule has 0 saturated heterocycles. The SMILES string of the molecule is CO[C@H]1CN(C)C(=O)c2ccc(NC(=O)Nc3cc(F)ccc3F)cc2OC[C@@H](C)N(C)C[C@H]1C. The molecule has 0 aliphatic carbocycles. The standard InChI is InChI=1S/C25H32F2N4O4/c1-15-12-30(3)16(2)14-35-22-11-18(7-8-19(22)24(32)31(4)13-23(15)34-5)28-25(33)29-21-10-17(26)6-9-20(21)27/h6-11,15-16,23H,12-14H2,1-5H3,(H2,28,29,33)/t15-,16-,23+/m1/s1. The monoisotopic (exact) mass is 490 g/mol. The first-order valence-corrected chi connectivity index (χ1v) is 11.4. The minimum absolute atomic E-state index is 0.0472. The van der Waals surface area contributed by atoms with Gasteiger partial charge in [0.25, 0.3) is 5.91 Å². The van der Waals surface area contributed by atoms with Gasteiger partial charge < -0.3 is 25.0 Å². The van der Waals surface area contributed by atoms with Crippen molar-refractivity contribution < 1.29 is 27.8 Å². The molecule has 3 rings (SSSR count). The molecule has 1 aliphatic heterocycles. The summed E-state index contributed by atoms with van der Waals surface area (Å²) in [6, 6.07) is 6.71. The number of carbonyl (C=O) groups excluding carboxylic acids is 2. The summed E-state index contributed by atoms with van der Waals surface area (Å²) >= 11 is 0. The van der Waals surface area contributed by atoms with Crippen LogP contribution in [0, 0.1) is 17.6 Å². The molecule has 2 N–H and O–H groups in total. The molecule has 2 aromatic carbocycles. The van der Waals surface area contributed by atoms with Gasteiger partial charge in [-0.25, -0.2) is 13.6 Å². The second-order valence-electron chi connectivity index (χ2n) is 8.95. The van der Waals surface area contributed by atoms with Gasteiger partial charge in [0.1, 0.15) is 24.0 Å². The summed E-state index contributed by atoms with van der Waals surface area (Å²) < 4.78 is 38.9. The molecule has 10 heteroatoms. The average Bonchev–Trinajstić information content (AvgIpc) is 2.81. The summed E-state index contributed by atoms with van der Waals surface area (Å²) in [5.74, 6) is -1.19. The Labute approximate surface area is 204 Å². The number of ether oxygens (including phenoxy) is 2. The van der Waals surface area contributed by atoms with Crippen molar-refractivity contribution in [3.8, 4) is 5.75 Å². The zero-order chi connectivity index (χ0) is 25.7. The maximum atomic E-state index is 13.9.